The van der Waals surface area contributed by atoms with Gasteiger partial charge in [0.15, 0.2) is 0 Å². The first-order chi connectivity index (χ1) is 13.2. The Bertz CT molecular complexity index is 850. The van der Waals surface area contributed by atoms with Crippen LogP contribution < -0.4 is 15.4 Å². The maximum atomic E-state index is 11.9. The van der Waals surface area contributed by atoms with Gasteiger partial charge in [0.25, 0.3) is 0 Å². The van der Waals surface area contributed by atoms with E-state index in [4.69, 9.17) is 9.47 Å². The summed E-state index contributed by atoms with van der Waals surface area (Å²) in [6.45, 7) is 0.300. The summed E-state index contributed by atoms with van der Waals surface area (Å²) in [4.78, 5) is 15.9. The topological polar surface area (TPSA) is 72.5 Å². The van der Waals surface area contributed by atoms with Crippen molar-refractivity contribution in [3.8, 4) is 5.75 Å². The van der Waals surface area contributed by atoms with Gasteiger partial charge in [0.1, 0.15) is 5.75 Å². The van der Waals surface area contributed by atoms with E-state index in [1.54, 1.807) is 19.5 Å². The first-order valence-electron chi connectivity index (χ1n) is 8.57. The van der Waals surface area contributed by atoms with E-state index in [-0.39, 0.29) is 0 Å². The van der Waals surface area contributed by atoms with Crippen molar-refractivity contribution in [1.82, 2.24) is 4.98 Å². The number of rotatable bonds is 7. The van der Waals surface area contributed by atoms with Crippen molar-refractivity contribution in [1.29, 1.82) is 0 Å². The maximum Gasteiger partial charge on any atom is 0.411 e. The number of aromatic nitrogens is 1. The van der Waals surface area contributed by atoms with Crippen LogP contribution in [0.2, 0.25) is 0 Å². The predicted molar refractivity (Wildman–Crippen MR) is 106 cm³/mol. The number of carbonyl (C=O) groups excluding carboxylic acids is 1. The average Bonchev–Trinajstić information content (AvgIpc) is 2.71. The van der Waals surface area contributed by atoms with Crippen LogP contribution in [0.25, 0.3) is 0 Å². The fourth-order valence-corrected chi connectivity index (χ4v) is 2.44. The highest BCUT2D eigenvalue weighted by Gasteiger charge is 2.04. The highest BCUT2D eigenvalue weighted by Crippen LogP contribution is 2.21. The van der Waals surface area contributed by atoms with Gasteiger partial charge in [-0.1, -0.05) is 6.07 Å². The third-order valence-electron chi connectivity index (χ3n) is 3.86. The second-order valence-electron chi connectivity index (χ2n) is 5.80. The van der Waals surface area contributed by atoms with Crippen molar-refractivity contribution >= 4 is 23.2 Å². The SMILES string of the molecule is COc1ccc(Nc2ccc(NC(=O)OCCc3cccnc3)cc2)cc1. The Morgan fingerprint density at radius 3 is 2.26 bits per heavy atom. The summed E-state index contributed by atoms with van der Waals surface area (Å²) in [5.41, 5.74) is 3.56. The van der Waals surface area contributed by atoms with Gasteiger partial charge < -0.3 is 14.8 Å². The van der Waals surface area contributed by atoms with Crippen LogP contribution in [0.15, 0.2) is 73.1 Å². The molecule has 0 unspecified atom stereocenters. The molecule has 2 aromatic carbocycles. The van der Waals surface area contributed by atoms with E-state index in [0.717, 1.165) is 22.7 Å². The van der Waals surface area contributed by atoms with Gasteiger partial charge in [-0.15, -0.1) is 0 Å². The number of pyridine rings is 1. The van der Waals surface area contributed by atoms with Crippen LogP contribution in [-0.2, 0) is 11.2 Å². The van der Waals surface area contributed by atoms with Gasteiger partial charge in [-0.25, -0.2) is 4.79 Å². The summed E-state index contributed by atoms with van der Waals surface area (Å²) in [7, 11) is 1.64. The van der Waals surface area contributed by atoms with Crippen molar-refractivity contribution in [3.05, 3.63) is 78.6 Å². The molecule has 27 heavy (non-hydrogen) atoms. The summed E-state index contributed by atoms with van der Waals surface area (Å²) in [6.07, 6.45) is 3.63. The standard InChI is InChI=1S/C21H21N3O3/c1-26-20-10-8-18(9-11-20)23-17-4-6-19(7-5-17)24-21(25)27-14-12-16-3-2-13-22-15-16/h2-11,13,15,23H,12,14H2,1H3,(H,24,25). The second-order valence-corrected chi connectivity index (χ2v) is 5.80. The Labute approximate surface area is 158 Å². The van der Waals surface area contributed by atoms with Gasteiger partial charge in [0.2, 0.25) is 0 Å². The summed E-state index contributed by atoms with van der Waals surface area (Å²) >= 11 is 0. The molecule has 1 aromatic heterocycles. The smallest absolute Gasteiger partial charge is 0.411 e. The number of nitrogens with one attached hydrogen (secondary N) is 2. The number of ether oxygens (including phenoxy) is 2. The van der Waals surface area contributed by atoms with Gasteiger partial charge in [-0.05, 0) is 60.2 Å². The molecule has 6 heteroatoms. The number of carbonyl (C=O) groups is 1. The lowest BCUT2D eigenvalue weighted by Crippen LogP contribution is -2.15. The Kier molecular flexibility index (Phi) is 6.25. The molecule has 0 saturated carbocycles. The Hall–Kier alpha value is -3.54. The Balaban J connectivity index is 1.45. The molecule has 0 atom stereocenters. The maximum absolute atomic E-state index is 11.9. The summed E-state index contributed by atoms with van der Waals surface area (Å²) < 4.78 is 10.3. The quantitative estimate of drug-likeness (QED) is 0.640. The second kappa shape index (κ2) is 9.24. The monoisotopic (exact) mass is 363 g/mol. The van der Waals surface area contributed by atoms with Crippen LogP contribution in [0.3, 0.4) is 0 Å². The first kappa shape index (κ1) is 18.3. The van der Waals surface area contributed by atoms with Crippen molar-refractivity contribution in [3.63, 3.8) is 0 Å². The molecule has 0 aliphatic heterocycles. The number of hydrogen-bond acceptors (Lipinski definition) is 5. The number of amides is 1. The van der Waals surface area contributed by atoms with E-state index in [2.05, 4.69) is 15.6 Å². The third kappa shape index (κ3) is 5.74. The van der Waals surface area contributed by atoms with E-state index in [1.165, 1.54) is 0 Å². The van der Waals surface area contributed by atoms with Crippen molar-refractivity contribution < 1.29 is 14.3 Å². The van der Waals surface area contributed by atoms with Crippen LogP contribution in [0.4, 0.5) is 21.9 Å². The highest BCUT2D eigenvalue weighted by molar-refractivity contribution is 5.85. The predicted octanol–water partition coefficient (Wildman–Crippen LogP) is 4.63. The number of methoxy groups -OCH3 is 1. The summed E-state index contributed by atoms with van der Waals surface area (Å²) in [5, 5.41) is 6.00. The lowest BCUT2D eigenvalue weighted by Gasteiger charge is -2.10. The van der Waals surface area contributed by atoms with Crippen molar-refractivity contribution in [2.75, 3.05) is 24.4 Å². The minimum Gasteiger partial charge on any atom is -0.497 e. The molecule has 0 aliphatic rings. The van der Waals surface area contributed by atoms with Crippen LogP contribution >= 0.6 is 0 Å². The Morgan fingerprint density at radius 2 is 1.63 bits per heavy atom. The van der Waals surface area contributed by atoms with Crippen LogP contribution in [0.5, 0.6) is 5.75 Å². The number of benzene rings is 2. The number of anilines is 3. The largest absolute Gasteiger partial charge is 0.497 e. The molecule has 0 radical (unpaired) electrons. The number of nitrogens with zero attached hydrogens (tertiary/aromatic N) is 1. The van der Waals surface area contributed by atoms with Crippen molar-refractivity contribution in [2.24, 2.45) is 0 Å². The molecule has 2 N–H and O–H groups in total. The summed E-state index contributed by atoms with van der Waals surface area (Å²) in [5.74, 6) is 0.808. The van der Waals surface area contributed by atoms with Crippen molar-refractivity contribution in [2.45, 2.75) is 6.42 Å². The van der Waals surface area contributed by atoms with Gasteiger partial charge in [-0.3, -0.25) is 10.3 Å². The molecule has 0 bridgehead atoms. The zero-order valence-electron chi connectivity index (χ0n) is 15.0. The molecule has 0 aliphatic carbocycles. The third-order valence-corrected chi connectivity index (χ3v) is 3.86. The lowest BCUT2D eigenvalue weighted by atomic mass is 10.2. The molecule has 3 aromatic rings. The molecule has 3 rings (SSSR count). The minimum atomic E-state index is -0.477. The molecule has 6 nitrogen and oxygen atoms in total. The summed E-state index contributed by atoms with van der Waals surface area (Å²) in [6, 6.07) is 18.8. The molecule has 1 heterocycles. The zero-order valence-corrected chi connectivity index (χ0v) is 15.0. The Morgan fingerprint density at radius 1 is 0.963 bits per heavy atom. The normalized spacial score (nSPS) is 10.1. The fraction of sp³-hybridized carbons (Fsp3) is 0.143. The van der Waals surface area contributed by atoms with Gasteiger partial charge in [0, 0.05) is 35.9 Å². The molecule has 138 valence electrons. The van der Waals surface area contributed by atoms with E-state index >= 15 is 0 Å². The van der Waals surface area contributed by atoms with Crippen LogP contribution in [0, 0.1) is 0 Å². The lowest BCUT2D eigenvalue weighted by molar-refractivity contribution is 0.163. The van der Waals surface area contributed by atoms with Crippen LogP contribution in [0.1, 0.15) is 5.56 Å². The molecular weight excluding hydrogens is 342 g/mol. The van der Waals surface area contributed by atoms with E-state index in [1.807, 2.05) is 60.7 Å². The van der Waals surface area contributed by atoms with Crippen LogP contribution in [-0.4, -0.2) is 24.8 Å². The van der Waals surface area contributed by atoms with E-state index in [9.17, 15) is 4.79 Å². The minimum absolute atomic E-state index is 0.300. The zero-order chi connectivity index (χ0) is 18.9. The first-order valence-corrected chi connectivity index (χ1v) is 8.57. The fourth-order valence-electron chi connectivity index (χ4n) is 2.44. The van der Waals surface area contributed by atoms with Gasteiger partial charge in [0.05, 0.1) is 13.7 Å². The van der Waals surface area contributed by atoms with Gasteiger partial charge >= 0.3 is 6.09 Å². The molecular formula is C21H21N3O3. The highest BCUT2D eigenvalue weighted by atomic mass is 16.5. The van der Waals surface area contributed by atoms with E-state index in [0.29, 0.717) is 18.7 Å². The number of hydrogen-bond donors (Lipinski definition) is 2. The molecule has 0 spiro atoms. The average molecular weight is 363 g/mol. The van der Waals surface area contributed by atoms with E-state index < -0.39 is 6.09 Å². The van der Waals surface area contributed by atoms with Gasteiger partial charge in [-0.2, -0.15) is 0 Å². The molecule has 0 saturated heterocycles. The molecule has 0 fully saturated rings. The molecule has 1 amide bonds.